The van der Waals surface area contributed by atoms with Crippen LogP contribution < -0.4 is 5.32 Å². The molecule has 114 valence electrons. The normalized spacial score (nSPS) is 12.5. The first-order chi connectivity index (χ1) is 10.7. The van der Waals surface area contributed by atoms with E-state index in [9.17, 15) is 5.11 Å². The van der Waals surface area contributed by atoms with Gasteiger partial charge in [-0.2, -0.15) is 5.10 Å². The van der Waals surface area contributed by atoms with Crippen LogP contribution in [0.5, 0.6) is 0 Å². The van der Waals surface area contributed by atoms with Gasteiger partial charge in [-0.15, -0.1) is 11.3 Å². The first-order valence-electron chi connectivity index (χ1n) is 7.25. The van der Waals surface area contributed by atoms with Gasteiger partial charge in [0.2, 0.25) is 0 Å². The summed E-state index contributed by atoms with van der Waals surface area (Å²) in [7, 11) is 0. The Morgan fingerprint density at radius 2 is 2.09 bits per heavy atom. The molecule has 0 aliphatic rings. The minimum absolute atomic E-state index is 0.502. The summed E-state index contributed by atoms with van der Waals surface area (Å²) in [5.74, 6) is 0. The summed E-state index contributed by atoms with van der Waals surface area (Å²) in [6.07, 6.45) is 1.33. The molecule has 0 saturated heterocycles. The molecule has 0 bridgehead atoms. The lowest BCUT2D eigenvalue weighted by Crippen LogP contribution is -2.21. The minimum atomic E-state index is -0.502. The monoisotopic (exact) mass is 313 g/mol. The summed E-state index contributed by atoms with van der Waals surface area (Å²) in [6, 6.07) is 12.1. The van der Waals surface area contributed by atoms with E-state index in [2.05, 4.69) is 27.0 Å². The maximum atomic E-state index is 10.2. The quantitative estimate of drug-likeness (QED) is 0.654. The summed E-state index contributed by atoms with van der Waals surface area (Å²) in [4.78, 5) is 1.17. The van der Waals surface area contributed by atoms with Crippen LogP contribution in [0.3, 0.4) is 0 Å². The molecule has 0 fully saturated rings. The van der Waals surface area contributed by atoms with Gasteiger partial charge >= 0.3 is 0 Å². The zero-order valence-corrected chi connectivity index (χ0v) is 13.2. The van der Waals surface area contributed by atoms with Gasteiger partial charge in [-0.25, -0.2) is 0 Å². The van der Waals surface area contributed by atoms with Gasteiger partial charge in [0.05, 0.1) is 22.9 Å². The number of aromatic amines is 1. The van der Waals surface area contributed by atoms with E-state index >= 15 is 0 Å². The molecular weight excluding hydrogens is 294 g/mol. The largest absolute Gasteiger partial charge is 0.387 e. The molecule has 3 N–H and O–H groups in total. The van der Waals surface area contributed by atoms with Crippen LogP contribution in [-0.4, -0.2) is 21.8 Å². The van der Waals surface area contributed by atoms with Crippen LogP contribution in [-0.2, 0) is 6.54 Å². The second-order valence-corrected chi connectivity index (χ2v) is 6.25. The molecule has 4 nitrogen and oxygen atoms in total. The van der Waals surface area contributed by atoms with E-state index in [4.69, 9.17) is 0 Å². The summed E-state index contributed by atoms with van der Waals surface area (Å²) in [5, 5.41) is 22.7. The van der Waals surface area contributed by atoms with Crippen molar-refractivity contribution in [2.45, 2.75) is 19.6 Å². The van der Waals surface area contributed by atoms with Crippen molar-refractivity contribution in [2.24, 2.45) is 0 Å². The van der Waals surface area contributed by atoms with E-state index in [0.717, 1.165) is 16.8 Å². The third-order valence-corrected chi connectivity index (χ3v) is 4.49. The zero-order chi connectivity index (χ0) is 15.4. The molecule has 0 saturated carbocycles. The molecule has 22 heavy (non-hydrogen) atoms. The third-order valence-electron chi connectivity index (χ3n) is 3.60. The van der Waals surface area contributed by atoms with Crippen molar-refractivity contribution in [1.82, 2.24) is 15.5 Å². The fourth-order valence-electron chi connectivity index (χ4n) is 2.33. The molecule has 3 rings (SSSR count). The number of thiophene rings is 1. The Morgan fingerprint density at radius 1 is 1.27 bits per heavy atom. The van der Waals surface area contributed by atoms with Crippen molar-refractivity contribution in [1.29, 1.82) is 0 Å². The SMILES string of the molecule is Cc1ccc(C(O)CNCc2cn[nH]c2-c2cccs2)cc1. The van der Waals surface area contributed by atoms with Crippen LogP contribution in [0.4, 0.5) is 0 Å². The number of aryl methyl sites for hydroxylation is 1. The molecule has 2 aromatic heterocycles. The van der Waals surface area contributed by atoms with Crippen LogP contribution in [0, 0.1) is 6.92 Å². The van der Waals surface area contributed by atoms with E-state index in [1.54, 1.807) is 11.3 Å². The van der Waals surface area contributed by atoms with Gasteiger partial charge in [-0.3, -0.25) is 5.10 Å². The molecule has 0 aliphatic carbocycles. The van der Waals surface area contributed by atoms with Crippen molar-refractivity contribution < 1.29 is 5.11 Å². The molecule has 0 aliphatic heterocycles. The average Bonchev–Trinajstić information content (AvgIpc) is 3.18. The van der Waals surface area contributed by atoms with Gasteiger partial charge in [0.15, 0.2) is 0 Å². The number of nitrogens with one attached hydrogen (secondary N) is 2. The Hall–Kier alpha value is -1.95. The maximum Gasteiger partial charge on any atom is 0.0914 e. The van der Waals surface area contributed by atoms with Crippen molar-refractivity contribution in [2.75, 3.05) is 6.54 Å². The molecule has 3 aromatic rings. The van der Waals surface area contributed by atoms with Crippen LogP contribution in [0.1, 0.15) is 22.8 Å². The summed E-state index contributed by atoms with van der Waals surface area (Å²) in [6.45, 7) is 3.23. The fraction of sp³-hybridized carbons (Fsp3) is 0.235. The second kappa shape index (κ2) is 6.87. The van der Waals surface area contributed by atoms with Gasteiger partial charge in [0.25, 0.3) is 0 Å². The number of aliphatic hydroxyl groups is 1. The minimum Gasteiger partial charge on any atom is -0.387 e. The number of aromatic nitrogens is 2. The van der Waals surface area contributed by atoms with Gasteiger partial charge in [-0.1, -0.05) is 35.9 Å². The number of H-pyrrole nitrogens is 1. The zero-order valence-electron chi connectivity index (χ0n) is 12.4. The lowest BCUT2D eigenvalue weighted by molar-refractivity contribution is 0.174. The molecule has 1 unspecified atom stereocenters. The Labute approximate surface area is 133 Å². The highest BCUT2D eigenvalue weighted by atomic mass is 32.1. The van der Waals surface area contributed by atoms with E-state index in [1.807, 2.05) is 43.5 Å². The van der Waals surface area contributed by atoms with E-state index < -0.39 is 6.10 Å². The molecule has 2 heterocycles. The summed E-state index contributed by atoms with van der Waals surface area (Å²) in [5.41, 5.74) is 4.29. The highest BCUT2D eigenvalue weighted by Gasteiger charge is 2.10. The van der Waals surface area contributed by atoms with Crippen LogP contribution in [0.25, 0.3) is 10.6 Å². The summed E-state index contributed by atoms with van der Waals surface area (Å²) < 4.78 is 0. The van der Waals surface area contributed by atoms with E-state index in [-0.39, 0.29) is 0 Å². The van der Waals surface area contributed by atoms with Gasteiger partial charge in [-0.05, 0) is 23.9 Å². The van der Waals surface area contributed by atoms with Crippen LogP contribution in [0.15, 0.2) is 48.0 Å². The van der Waals surface area contributed by atoms with Gasteiger partial charge < -0.3 is 10.4 Å². The molecule has 1 aromatic carbocycles. The van der Waals surface area contributed by atoms with Crippen molar-refractivity contribution in [3.63, 3.8) is 0 Å². The Balaban J connectivity index is 1.57. The number of hydrogen-bond acceptors (Lipinski definition) is 4. The fourth-order valence-corrected chi connectivity index (χ4v) is 3.08. The molecule has 0 amide bonds. The van der Waals surface area contributed by atoms with Crippen LogP contribution in [0.2, 0.25) is 0 Å². The molecule has 5 heteroatoms. The first kappa shape index (κ1) is 15.0. The van der Waals surface area contributed by atoms with Crippen LogP contribution >= 0.6 is 11.3 Å². The second-order valence-electron chi connectivity index (χ2n) is 5.30. The molecular formula is C17H19N3OS. The smallest absolute Gasteiger partial charge is 0.0914 e. The van der Waals surface area contributed by atoms with Gasteiger partial charge in [0, 0.05) is 18.7 Å². The lowest BCUT2D eigenvalue weighted by Gasteiger charge is -2.12. The molecule has 1 atom stereocenters. The molecule has 0 radical (unpaired) electrons. The maximum absolute atomic E-state index is 10.2. The highest BCUT2D eigenvalue weighted by molar-refractivity contribution is 7.13. The van der Waals surface area contributed by atoms with Crippen molar-refractivity contribution in [3.05, 3.63) is 64.7 Å². The third kappa shape index (κ3) is 3.44. The Kier molecular flexibility index (Phi) is 4.68. The van der Waals surface area contributed by atoms with E-state index in [0.29, 0.717) is 13.1 Å². The Bertz CT molecular complexity index is 704. The number of rotatable bonds is 6. The Morgan fingerprint density at radius 3 is 2.82 bits per heavy atom. The van der Waals surface area contributed by atoms with Crippen molar-refractivity contribution >= 4 is 11.3 Å². The topological polar surface area (TPSA) is 60.9 Å². The number of benzene rings is 1. The predicted molar refractivity (Wildman–Crippen MR) is 89.7 cm³/mol. The number of hydrogen-bond donors (Lipinski definition) is 3. The standard InChI is InChI=1S/C17H19N3OS/c1-12-4-6-13(7-5-12)15(21)11-18-9-14-10-19-20-17(14)16-3-2-8-22-16/h2-8,10,15,18,21H,9,11H2,1H3,(H,19,20). The highest BCUT2D eigenvalue weighted by Crippen LogP contribution is 2.25. The number of nitrogens with zero attached hydrogens (tertiary/aromatic N) is 1. The lowest BCUT2D eigenvalue weighted by atomic mass is 10.1. The first-order valence-corrected chi connectivity index (χ1v) is 8.13. The molecule has 0 spiro atoms. The predicted octanol–water partition coefficient (Wildman–Crippen LogP) is 3.27. The number of aliphatic hydroxyl groups excluding tert-OH is 1. The van der Waals surface area contributed by atoms with E-state index in [1.165, 1.54) is 10.4 Å². The van der Waals surface area contributed by atoms with Crippen molar-refractivity contribution in [3.8, 4) is 10.6 Å². The summed E-state index contributed by atoms with van der Waals surface area (Å²) >= 11 is 1.68. The van der Waals surface area contributed by atoms with Gasteiger partial charge in [0.1, 0.15) is 0 Å². The average molecular weight is 313 g/mol.